The van der Waals surface area contributed by atoms with Crippen molar-refractivity contribution in [3.05, 3.63) is 11.8 Å². The van der Waals surface area contributed by atoms with Crippen LogP contribution in [0, 0.1) is 11.3 Å². The van der Waals surface area contributed by atoms with Crippen LogP contribution in [0.15, 0.2) is 16.8 Å². The van der Waals surface area contributed by atoms with Gasteiger partial charge >= 0.3 is 0 Å². The van der Waals surface area contributed by atoms with Gasteiger partial charge in [-0.3, -0.25) is 4.99 Å². The lowest BCUT2D eigenvalue weighted by Crippen LogP contribution is -2.21. The maximum atomic E-state index is 4.56. The summed E-state index contributed by atoms with van der Waals surface area (Å²) in [5.74, 6) is 0.620. The van der Waals surface area contributed by atoms with E-state index in [0.29, 0.717) is 5.92 Å². The third-order valence-electron chi connectivity index (χ3n) is 2.91. The minimum absolute atomic E-state index is 0.182. The Morgan fingerprint density at radius 2 is 1.79 bits per heavy atom. The average Bonchev–Trinajstić information content (AvgIpc) is 2.11. The fourth-order valence-electron chi connectivity index (χ4n) is 1.16. The highest BCUT2D eigenvalue weighted by Crippen LogP contribution is 2.35. The van der Waals surface area contributed by atoms with Crippen LogP contribution >= 0.6 is 0 Å². The van der Waals surface area contributed by atoms with Crippen LogP contribution in [0.25, 0.3) is 0 Å². The Morgan fingerprint density at radius 3 is 2.14 bits per heavy atom. The van der Waals surface area contributed by atoms with Gasteiger partial charge in [0.1, 0.15) is 0 Å². The van der Waals surface area contributed by atoms with Crippen molar-refractivity contribution in [3.8, 4) is 0 Å². The SMILES string of the molecule is CC/C=N\C(=C\CC)C(C)(C)C(C)C. The number of hydrogen-bond acceptors (Lipinski definition) is 1. The van der Waals surface area contributed by atoms with Crippen LogP contribution < -0.4 is 0 Å². The molecular weight excluding hydrogens is 170 g/mol. The van der Waals surface area contributed by atoms with E-state index in [0.717, 1.165) is 12.8 Å². The summed E-state index contributed by atoms with van der Waals surface area (Å²) in [5.41, 5.74) is 1.42. The van der Waals surface area contributed by atoms with Crippen LogP contribution in [-0.4, -0.2) is 6.21 Å². The molecule has 0 aliphatic heterocycles. The summed E-state index contributed by atoms with van der Waals surface area (Å²) < 4.78 is 0. The lowest BCUT2D eigenvalue weighted by Gasteiger charge is -2.30. The summed E-state index contributed by atoms with van der Waals surface area (Å²) in [6.45, 7) is 13.3. The Kier molecular flexibility index (Phi) is 5.75. The summed E-state index contributed by atoms with van der Waals surface area (Å²) in [6.07, 6.45) is 6.32. The van der Waals surface area contributed by atoms with E-state index < -0.39 is 0 Å². The smallest absolute Gasteiger partial charge is 0.0418 e. The predicted molar refractivity (Wildman–Crippen MR) is 65.8 cm³/mol. The van der Waals surface area contributed by atoms with E-state index in [1.807, 2.05) is 6.21 Å². The Morgan fingerprint density at radius 1 is 1.21 bits per heavy atom. The van der Waals surface area contributed by atoms with Gasteiger partial charge < -0.3 is 0 Å². The standard InChI is InChI=1S/C13H25N/c1-7-9-12(14-10-8-2)13(5,6)11(3)4/h9-11H,7-8H2,1-6H3/b12-9+,14-10-. The zero-order valence-electron chi connectivity index (χ0n) is 10.6. The van der Waals surface area contributed by atoms with Gasteiger partial charge in [0.25, 0.3) is 0 Å². The van der Waals surface area contributed by atoms with Crippen LogP contribution in [0.1, 0.15) is 54.4 Å². The molecule has 0 amide bonds. The van der Waals surface area contributed by atoms with Gasteiger partial charge in [0.05, 0.1) is 0 Å². The summed E-state index contributed by atoms with van der Waals surface area (Å²) in [6, 6.07) is 0. The van der Waals surface area contributed by atoms with Crippen molar-refractivity contribution in [1.29, 1.82) is 0 Å². The fourth-order valence-corrected chi connectivity index (χ4v) is 1.16. The minimum atomic E-state index is 0.182. The topological polar surface area (TPSA) is 12.4 Å². The zero-order chi connectivity index (χ0) is 11.2. The molecule has 0 aromatic heterocycles. The molecule has 0 aromatic rings. The third-order valence-corrected chi connectivity index (χ3v) is 2.91. The molecule has 0 aliphatic rings. The molecule has 0 unspecified atom stereocenters. The van der Waals surface area contributed by atoms with Crippen LogP contribution in [0.2, 0.25) is 0 Å². The second-order valence-electron chi connectivity index (χ2n) is 4.59. The summed E-state index contributed by atoms with van der Waals surface area (Å²) >= 11 is 0. The highest BCUT2D eigenvalue weighted by molar-refractivity contribution is 5.58. The molecule has 14 heavy (non-hydrogen) atoms. The number of nitrogens with zero attached hydrogens (tertiary/aromatic N) is 1. The molecule has 0 radical (unpaired) electrons. The second-order valence-corrected chi connectivity index (χ2v) is 4.59. The van der Waals surface area contributed by atoms with Crippen molar-refractivity contribution in [3.63, 3.8) is 0 Å². The molecule has 0 rings (SSSR count). The monoisotopic (exact) mass is 195 g/mol. The summed E-state index contributed by atoms with van der Waals surface area (Å²) in [4.78, 5) is 4.56. The molecule has 0 saturated carbocycles. The Balaban J connectivity index is 4.82. The quantitative estimate of drug-likeness (QED) is 0.575. The Labute approximate surface area is 89.3 Å². The van der Waals surface area contributed by atoms with Gasteiger partial charge in [-0.05, 0) is 18.8 Å². The van der Waals surface area contributed by atoms with E-state index in [9.17, 15) is 0 Å². The molecule has 0 N–H and O–H groups in total. The van der Waals surface area contributed by atoms with Crippen LogP contribution in [0.3, 0.4) is 0 Å². The van der Waals surface area contributed by atoms with Crippen LogP contribution in [-0.2, 0) is 0 Å². The first-order valence-electron chi connectivity index (χ1n) is 5.69. The molecule has 0 aromatic carbocycles. The first kappa shape index (κ1) is 13.4. The lowest BCUT2D eigenvalue weighted by molar-refractivity contribution is 0.306. The van der Waals surface area contributed by atoms with Gasteiger partial charge in [-0.25, -0.2) is 0 Å². The number of hydrogen-bond donors (Lipinski definition) is 0. The van der Waals surface area contributed by atoms with Gasteiger partial charge in [-0.15, -0.1) is 0 Å². The second kappa shape index (κ2) is 6.00. The lowest BCUT2D eigenvalue weighted by atomic mass is 9.78. The molecule has 0 spiro atoms. The van der Waals surface area contributed by atoms with E-state index >= 15 is 0 Å². The van der Waals surface area contributed by atoms with Gasteiger partial charge in [-0.2, -0.15) is 0 Å². The fraction of sp³-hybridized carbons (Fsp3) is 0.769. The van der Waals surface area contributed by atoms with E-state index in [2.05, 4.69) is 52.6 Å². The van der Waals surface area contributed by atoms with Gasteiger partial charge in [-0.1, -0.05) is 47.6 Å². The van der Waals surface area contributed by atoms with Crippen molar-refractivity contribution in [2.24, 2.45) is 16.3 Å². The van der Waals surface area contributed by atoms with Crippen molar-refractivity contribution in [2.75, 3.05) is 0 Å². The molecule has 0 bridgehead atoms. The van der Waals surface area contributed by atoms with Crippen LogP contribution in [0.4, 0.5) is 0 Å². The van der Waals surface area contributed by atoms with Crippen molar-refractivity contribution in [2.45, 2.75) is 54.4 Å². The van der Waals surface area contributed by atoms with Gasteiger partial charge in [0.2, 0.25) is 0 Å². The summed E-state index contributed by atoms with van der Waals surface area (Å²) in [7, 11) is 0. The highest BCUT2D eigenvalue weighted by atomic mass is 14.8. The highest BCUT2D eigenvalue weighted by Gasteiger charge is 2.26. The van der Waals surface area contributed by atoms with E-state index in [-0.39, 0.29) is 5.41 Å². The largest absolute Gasteiger partial charge is 0.265 e. The number of allylic oxidation sites excluding steroid dienone is 2. The minimum Gasteiger partial charge on any atom is -0.265 e. The Hall–Kier alpha value is -0.590. The maximum absolute atomic E-state index is 4.56. The number of aliphatic imine (C=N–C) groups is 1. The maximum Gasteiger partial charge on any atom is 0.0418 e. The molecular formula is C13H25N. The molecule has 1 heteroatoms. The molecule has 1 nitrogen and oxygen atoms in total. The van der Waals surface area contributed by atoms with Gasteiger partial charge in [0.15, 0.2) is 0 Å². The van der Waals surface area contributed by atoms with Crippen LogP contribution in [0.5, 0.6) is 0 Å². The van der Waals surface area contributed by atoms with E-state index in [4.69, 9.17) is 0 Å². The molecule has 0 fully saturated rings. The van der Waals surface area contributed by atoms with Gasteiger partial charge in [0, 0.05) is 17.3 Å². The first-order chi connectivity index (χ1) is 6.46. The zero-order valence-corrected chi connectivity index (χ0v) is 10.6. The van der Waals surface area contributed by atoms with E-state index in [1.54, 1.807) is 0 Å². The molecule has 82 valence electrons. The molecule has 0 saturated heterocycles. The normalized spacial score (nSPS) is 14.4. The average molecular weight is 195 g/mol. The van der Waals surface area contributed by atoms with Crippen molar-refractivity contribution in [1.82, 2.24) is 0 Å². The number of rotatable bonds is 5. The van der Waals surface area contributed by atoms with E-state index in [1.165, 1.54) is 5.70 Å². The Bertz CT molecular complexity index is 209. The predicted octanol–water partition coefficient (Wildman–Crippen LogP) is 4.44. The summed E-state index contributed by atoms with van der Waals surface area (Å²) in [5, 5.41) is 0. The third kappa shape index (κ3) is 3.65. The van der Waals surface area contributed by atoms with Crippen molar-refractivity contribution < 1.29 is 0 Å². The molecule has 0 heterocycles. The van der Waals surface area contributed by atoms with Crippen molar-refractivity contribution >= 4 is 6.21 Å². The molecule has 0 atom stereocenters. The molecule has 0 aliphatic carbocycles. The first-order valence-corrected chi connectivity index (χ1v) is 5.69.